The molecule has 2 N–H and O–H groups in total. The van der Waals surface area contributed by atoms with Crippen molar-refractivity contribution in [2.24, 2.45) is 5.73 Å². The van der Waals surface area contributed by atoms with E-state index in [0.29, 0.717) is 0 Å². The lowest BCUT2D eigenvalue weighted by Crippen LogP contribution is -2.26. The van der Waals surface area contributed by atoms with Crippen molar-refractivity contribution in [1.82, 2.24) is 0 Å². The van der Waals surface area contributed by atoms with Gasteiger partial charge in [0.15, 0.2) is 0 Å². The zero-order valence-electron chi connectivity index (χ0n) is 13.2. The van der Waals surface area contributed by atoms with E-state index in [2.05, 4.69) is 5.92 Å². The molecule has 0 aromatic heterocycles. The highest BCUT2D eigenvalue weighted by molar-refractivity contribution is 5.92. The fraction of sp³-hybridized carbons (Fsp3) is 0.222. The molecule has 1 aliphatic rings. The molecule has 1 heterocycles. The van der Waals surface area contributed by atoms with Gasteiger partial charge in [-0.25, -0.2) is 9.18 Å². The molecule has 6 heteroatoms. The van der Waals surface area contributed by atoms with Crippen LogP contribution < -0.4 is 5.73 Å². The monoisotopic (exact) mass is 326 g/mol. The summed E-state index contributed by atoms with van der Waals surface area (Å²) < 4.78 is 24.8. The first-order valence-electron chi connectivity index (χ1n) is 7.16. The SMILES string of the molecule is C#Cc1cccc(F)c1C1C(C#N)=C(N)OC(C)=C1C(=O)OCC. The second-order valence-electron chi connectivity index (χ2n) is 4.96. The predicted octanol–water partition coefficient (Wildman–Crippen LogP) is 2.45. The van der Waals surface area contributed by atoms with Crippen LogP contribution in [0.5, 0.6) is 0 Å². The Labute approximate surface area is 139 Å². The average molecular weight is 326 g/mol. The van der Waals surface area contributed by atoms with E-state index in [9.17, 15) is 14.4 Å². The summed E-state index contributed by atoms with van der Waals surface area (Å²) in [7, 11) is 0. The molecule has 0 radical (unpaired) electrons. The third kappa shape index (κ3) is 2.82. The third-order valence-corrected chi connectivity index (χ3v) is 3.60. The van der Waals surface area contributed by atoms with Gasteiger partial charge in [-0.2, -0.15) is 5.26 Å². The lowest BCUT2D eigenvalue weighted by molar-refractivity contribution is -0.139. The first-order valence-corrected chi connectivity index (χ1v) is 7.16. The Morgan fingerprint density at radius 1 is 1.54 bits per heavy atom. The molecule has 0 aliphatic carbocycles. The van der Waals surface area contributed by atoms with Crippen molar-refractivity contribution >= 4 is 5.97 Å². The quantitative estimate of drug-likeness (QED) is 0.681. The fourth-order valence-electron chi connectivity index (χ4n) is 2.60. The third-order valence-electron chi connectivity index (χ3n) is 3.60. The predicted molar refractivity (Wildman–Crippen MR) is 84.3 cm³/mol. The highest BCUT2D eigenvalue weighted by Crippen LogP contribution is 2.41. The van der Waals surface area contributed by atoms with Crippen LogP contribution in [-0.2, 0) is 14.3 Å². The van der Waals surface area contributed by atoms with Crippen LogP contribution in [0, 0.1) is 29.5 Å². The molecule has 1 aromatic carbocycles. The average Bonchev–Trinajstić information content (AvgIpc) is 2.54. The molecule has 1 aromatic rings. The summed E-state index contributed by atoms with van der Waals surface area (Å²) in [5.41, 5.74) is 5.91. The van der Waals surface area contributed by atoms with Crippen molar-refractivity contribution in [2.45, 2.75) is 19.8 Å². The summed E-state index contributed by atoms with van der Waals surface area (Å²) in [4.78, 5) is 12.4. The number of carbonyl (C=O) groups excluding carboxylic acids is 1. The summed E-state index contributed by atoms with van der Waals surface area (Å²) >= 11 is 0. The van der Waals surface area contributed by atoms with Crippen molar-refractivity contribution in [1.29, 1.82) is 5.26 Å². The van der Waals surface area contributed by atoms with Gasteiger partial charge in [-0.15, -0.1) is 6.42 Å². The Morgan fingerprint density at radius 2 is 2.25 bits per heavy atom. The molecule has 1 aliphatic heterocycles. The summed E-state index contributed by atoms with van der Waals surface area (Å²) in [6.45, 7) is 3.25. The summed E-state index contributed by atoms with van der Waals surface area (Å²) in [5.74, 6) is -0.134. The van der Waals surface area contributed by atoms with Crippen molar-refractivity contribution in [3.8, 4) is 18.4 Å². The zero-order chi connectivity index (χ0) is 17.9. The topological polar surface area (TPSA) is 85.3 Å². The van der Waals surface area contributed by atoms with Crippen molar-refractivity contribution in [2.75, 3.05) is 6.61 Å². The summed E-state index contributed by atoms with van der Waals surface area (Å²) in [6, 6.07) is 6.06. The Morgan fingerprint density at radius 3 is 2.83 bits per heavy atom. The number of rotatable bonds is 3. The molecule has 1 unspecified atom stereocenters. The molecular weight excluding hydrogens is 311 g/mol. The Hall–Kier alpha value is -3.25. The van der Waals surface area contributed by atoms with Gasteiger partial charge < -0.3 is 15.2 Å². The molecule has 0 spiro atoms. The largest absolute Gasteiger partial charge is 0.463 e. The second kappa shape index (κ2) is 6.89. The van der Waals surface area contributed by atoms with Gasteiger partial charge in [-0.05, 0) is 26.0 Å². The van der Waals surface area contributed by atoms with Crippen LogP contribution in [-0.4, -0.2) is 12.6 Å². The number of hydrogen-bond acceptors (Lipinski definition) is 5. The number of nitriles is 1. The van der Waals surface area contributed by atoms with E-state index in [4.69, 9.17) is 21.6 Å². The lowest BCUT2D eigenvalue weighted by atomic mass is 9.80. The van der Waals surface area contributed by atoms with Crippen molar-refractivity contribution in [3.63, 3.8) is 0 Å². The van der Waals surface area contributed by atoms with E-state index in [1.165, 1.54) is 25.1 Å². The number of halogens is 1. The van der Waals surface area contributed by atoms with Crippen LogP contribution in [0.4, 0.5) is 4.39 Å². The number of nitrogens with zero attached hydrogens (tertiary/aromatic N) is 1. The van der Waals surface area contributed by atoms with Crippen LogP contribution in [0.1, 0.15) is 30.9 Å². The molecule has 2 rings (SSSR count). The minimum absolute atomic E-state index is 0.00389. The lowest BCUT2D eigenvalue weighted by Gasteiger charge is -2.27. The standard InChI is InChI=1S/C18H15FN2O3/c1-4-11-7-6-8-13(19)15(11)16-12(9-20)17(21)24-10(3)14(16)18(22)23-5-2/h1,6-8,16H,5,21H2,2-3H3. The molecule has 0 saturated carbocycles. The van der Waals surface area contributed by atoms with Crippen LogP contribution >= 0.6 is 0 Å². The van der Waals surface area contributed by atoms with Gasteiger partial charge in [-0.3, -0.25) is 0 Å². The van der Waals surface area contributed by atoms with Crippen molar-refractivity contribution in [3.05, 3.63) is 57.9 Å². The number of nitrogens with two attached hydrogens (primary N) is 1. The van der Waals surface area contributed by atoms with Crippen LogP contribution in [0.25, 0.3) is 0 Å². The fourth-order valence-corrected chi connectivity index (χ4v) is 2.60. The molecule has 0 amide bonds. The molecule has 0 saturated heterocycles. The van der Waals surface area contributed by atoms with Crippen LogP contribution in [0.3, 0.4) is 0 Å². The molecule has 122 valence electrons. The van der Waals surface area contributed by atoms with Crippen molar-refractivity contribution < 1.29 is 18.7 Å². The molecule has 1 atom stereocenters. The number of ether oxygens (including phenoxy) is 2. The van der Waals surface area contributed by atoms with Gasteiger partial charge in [0, 0.05) is 11.1 Å². The Balaban J connectivity index is 2.78. The van der Waals surface area contributed by atoms with E-state index in [1.807, 2.05) is 6.07 Å². The van der Waals surface area contributed by atoms with E-state index in [1.54, 1.807) is 6.92 Å². The van der Waals surface area contributed by atoms with Crippen LogP contribution in [0.2, 0.25) is 0 Å². The molecule has 0 bridgehead atoms. The first-order chi connectivity index (χ1) is 11.5. The van der Waals surface area contributed by atoms with Gasteiger partial charge in [0.05, 0.1) is 18.1 Å². The van der Waals surface area contributed by atoms with Crippen LogP contribution in [0.15, 0.2) is 41.0 Å². The smallest absolute Gasteiger partial charge is 0.338 e. The van der Waals surface area contributed by atoms with Gasteiger partial charge in [-0.1, -0.05) is 12.0 Å². The molecule has 5 nitrogen and oxygen atoms in total. The van der Waals surface area contributed by atoms with E-state index in [-0.39, 0.29) is 40.5 Å². The number of benzene rings is 1. The minimum Gasteiger partial charge on any atom is -0.463 e. The first kappa shape index (κ1) is 17.1. The Bertz CT molecular complexity index is 841. The minimum atomic E-state index is -1.09. The maximum atomic E-state index is 14.5. The number of esters is 1. The maximum absolute atomic E-state index is 14.5. The number of terminal acetylenes is 1. The zero-order valence-corrected chi connectivity index (χ0v) is 13.2. The highest BCUT2D eigenvalue weighted by atomic mass is 19.1. The normalized spacial score (nSPS) is 17.0. The Kier molecular flexibility index (Phi) is 4.91. The van der Waals surface area contributed by atoms with Gasteiger partial charge >= 0.3 is 5.97 Å². The summed E-state index contributed by atoms with van der Waals surface area (Å²) in [6.07, 6.45) is 5.45. The molecular formula is C18H15FN2O3. The maximum Gasteiger partial charge on any atom is 0.338 e. The van der Waals surface area contributed by atoms with E-state index < -0.39 is 17.7 Å². The summed E-state index contributed by atoms with van der Waals surface area (Å²) in [5, 5.41) is 9.45. The molecule has 24 heavy (non-hydrogen) atoms. The number of hydrogen-bond donors (Lipinski definition) is 1. The highest BCUT2D eigenvalue weighted by Gasteiger charge is 2.38. The van der Waals surface area contributed by atoms with E-state index in [0.717, 1.165) is 0 Å². The van der Waals surface area contributed by atoms with Gasteiger partial charge in [0.1, 0.15) is 23.2 Å². The van der Waals surface area contributed by atoms with Gasteiger partial charge in [0.25, 0.3) is 0 Å². The number of allylic oxidation sites excluding steroid dienone is 2. The van der Waals surface area contributed by atoms with E-state index >= 15 is 0 Å². The second-order valence-corrected chi connectivity index (χ2v) is 4.96. The number of carbonyl (C=O) groups is 1. The molecule has 0 fully saturated rings. The van der Waals surface area contributed by atoms with Gasteiger partial charge in [0.2, 0.25) is 5.88 Å².